The first-order valence-electron chi connectivity index (χ1n) is 10.7. The van der Waals surface area contributed by atoms with E-state index in [2.05, 4.69) is 50.2 Å². The first-order valence-corrected chi connectivity index (χ1v) is 11.5. The molecule has 0 spiro atoms. The van der Waals surface area contributed by atoms with Crippen molar-refractivity contribution in [3.05, 3.63) is 7.05 Å². The smallest absolute Gasteiger partial charge is 0.0915 e. The molecule has 0 radical (unpaired) electrons. The van der Waals surface area contributed by atoms with Crippen LogP contribution in [0.4, 0.5) is 0 Å². The molecule has 8 atom stereocenters. The fourth-order valence-electron chi connectivity index (χ4n) is 6.28. The maximum atomic E-state index is 11.0. The Labute approximate surface area is 180 Å². The van der Waals surface area contributed by atoms with E-state index in [4.69, 9.17) is 28.6 Å². The molecular formula is C22H37ClN2O2S. The summed E-state index contributed by atoms with van der Waals surface area (Å²) in [5.41, 5.74) is -1.40. The standard InChI is InChI=1S/C22H37ClN2O2S/c1-19(2,25-13-28)16-9-12-22(5,27-16)15-7-10-20(3,24-6)14-8-11-21(4,26)18(23)17(14)15/h14-18,26H,6-12,24H2,1-5H3. The molecule has 3 rings (SSSR count). The van der Waals surface area contributed by atoms with Crippen LogP contribution in [0, 0.1) is 24.8 Å². The van der Waals surface area contributed by atoms with Crippen molar-refractivity contribution in [3.63, 3.8) is 0 Å². The molecule has 0 aromatic heterocycles. The Morgan fingerprint density at radius 1 is 1.18 bits per heavy atom. The average molecular weight is 429 g/mol. The van der Waals surface area contributed by atoms with Crippen LogP contribution >= 0.6 is 23.8 Å². The van der Waals surface area contributed by atoms with E-state index in [1.165, 1.54) is 0 Å². The Morgan fingerprint density at radius 3 is 2.43 bits per heavy atom. The average Bonchev–Trinajstić information content (AvgIpc) is 3.03. The van der Waals surface area contributed by atoms with Crippen molar-refractivity contribution < 1.29 is 15.2 Å². The maximum absolute atomic E-state index is 11.0. The molecule has 1 aliphatic heterocycles. The molecule has 1 heterocycles. The molecule has 1 saturated heterocycles. The molecule has 2 aliphatic carbocycles. The van der Waals surface area contributed by atoms with Gasteiger partial charge in [-0.2, -0.15) is 7.05 Å². The van der Waals surface area contributed by atoms with Crippen LogP contribution in [0.15, 0.2) is 4.99 Å². The number of nitrogens with two attached hydrogens (primary N) is 1. The third kappa shape index (κ3) is 3.72. The third-order valence-corrected chi connectivity index (χ3v) is 9.20. The maximum Gasteiger partial charge on any atom is 0.0915 e. The highest BCUT2D eigenvalue weighted by molar-refractivity contribution is 7.78. The van der Waals surface area contributed by atoms with Gasteiger partial charge >= 0.3 is 0 Å². The van der Waals surface area contributed by atoms with Crippen LogP contribution in [-0.4, -0.2) is 44.0 Å². The van der Waals surface area contributed by atoms with E-state index in [9.17, 15) is 5.11 Å². The largest absolute Gasteiger partial charge is 0.474 e. The Balaban J connectivity index is 1.92. The number of isothiocyanates is 1. The van der Waals surface area contributed by atoms with Crippen molar-refractivity contribution in [1.82, 2.24) is 0 Å². The summed E-state index contributed by atoms with van der Waals surface area (Å²) in [5, 5.41) is 15.4. The SMILES string of the molecule is [CH2-][NH2+]C1(C)CCC(C2(C)CCC(C(C)(C)N=C=S)O2)C2C(Cl)C(C)(O)CCC21. The van der Waals surface area contributed by atoms with Gasteiger partial charge in [-0.1, -0.05) is 0 Å². The van der Waals surface area contributed by atoms with Gasteiger partial charge < -0.3 is 15.2 Å². The van der Waals surface area contributed by atoms with Crippen LogP contribution in [0.5, 0.6) is 0 Å². The van der Waals surface area contributed by atoms with Crippen molar-refractivity contribution in [2.75, 3.05) is 0 Å². The van der Waals surface area contributed by atoms with Crippen molar-refractivity contribution in [3.8, 4) is 0 Å². The lowest BCUT2D eigenvalue weighted by atomic mass is 9.52. The van der Waals surface area contributed by atoms with Gasteiger partial charge in [-0.3, -0.25) is 0 Å². The van der Waals surface area contributed by atoms with E-state index in [-0.39, 0.29) is 34.1 Å². The highest BCUT2D eigenvalue weighted by atomic mass is 35.5. The molecule has 28 heavy (non-hydrogen) atoms. The monoisotopic (exact) mass is 428 g/mol. The van der Waals surface area contributed by atoms with E-state index >= 15 is 0 Å². The third-order valence-electron chi connectivity index (χ3n) is 8.35. The van der Waals surface area contributed by atoms with E-state index in [0.717, 1.165) is 38.5 Å². The summed E-state index contributed by atoms with van der Waals surface area (Å²) >= 11 is 11.8. The van der Waals surface area contributed by atoms with Crippen LogP contribution in [0.2, 0.25) is 0 Å². The Hall–Kier alpha value is -0.0300. The van der Waals surface area contributed by atoms with Crippen molar-refractivity contribution in [1.29, 1.82) is 0 Å². The van der Waals surface area contributed by atoms with Crippen molar-refractivity contribution in [2.24, 2.45) is 22.7 Å². The molecule has 2 saturated carbocycles. The lowest BCUT2D eigenvalue weighted by Crippen LogP contribution is -2.94. The second kappa shape index (κ2) is 7.59. The Kier molecular flexibility index (Phi) is 6.14. The molecule has 0 aromatic rings. The highest BCUT2D eigenvalue weighted by Gasteiger charge is 2.61. The summed E-state index contributed by atoms with van der Waals surface area (Å²) in [6.07, 6.45) is 5.84. The predicted octanol–water partition coefficient (Wildman–Crippen LogP) is 3.71. The summed E-state index contributed by atoms with van der Waals surface area (Å²) in [5.74, 6) is 0.957. The minimum Gasteiger partial charge on any atom is -0.474 e. The minimum absolute atomic E-state index is 0.0250. The molecule has 160 valence electrons. The van der Waals surface area contributed by atoms with Gasteiger partial charge in [-0.05, 0) is 90.8 Å². The van der Waals surface area contributed by atoms with Gasteiger partial charge in [0.1, 0.15) is 0 Å². The molecule has 0 aromatic carbocycles. The summed E-state index contributed by atoms with van der Waals surface area (Å²) < 4.78 is 6.73. The molecule has 6 heteroatoms. The molecule has 0 bridgehead atoms. The first-order chi connectivity index (χ1) is 12.9. The fraction of sp³-hybridized carbons (Fsp3) is 0.909. The fourth-order valence-corrected chi connectivity index (χ4v) is 6.98. The molecule has 8 unspecified atom stereocenters. The normalized spacial score (nSPS) is 49.4. The zero-order valence-electron chi connectivity index (χ0n) is 18.0. The zero-order valence-corrected chi connectivity index (χ0v) is 19.6. The van der Waals surface area contributed by atoms with Crippen molar-refractivity contribution >= 4 is 29.0 Å². The van der Waals surface area contributed by atoms with Gasteiger partial charge in [0.05, 0.1) is 38.9 Å². The van der Waals surface area contributed by atoms with E-state index < -0.39 is 5.60 Å². The number of aliphatic hydroxyl groups is 1. The number of alkyl halides is 1. The van der Waals surface area contributed by atoms with Gasteiger partial charge in [0.15, 0.2) is 0 Å². The van der Waals surface area contributed by atoms with Crippen LogP contribution in [0.3, 0.4) is 0 Å². The molecule has 3 aliphatic rings. The number of rotatable bonds is 4. The van der Waals surface area contributed by atoms with Crippen LogP contribution in [0.25, 0.3) is 0 Å². The number of quaternary nitrogens is 1. The van der Waals surface area contributed by atoms with Gasteiger partial charge in [-0.25, -0.2) is 4.99 Å². The summed E-state index contributed by atoms with van der Waals surface area (Å²) in [6.45, 7) is 10.6. The Bertz CT molecular complexity index is 650. The topological polar surface area (TPSA) is 58.4 Å². The molecule has 3 fully saturated rings. The first kappa shape index (κ1) is 22.7. The van der Waals surface area contributed by atoms with Gasteiger partial charge in [-0.15, -0.1) is 11.6 Å². The summed E-state index contributed by atoms with van der Waals surface area (Å²) in [4.78, 5) is 4.37. The second-order valence-electron chi connectivity index (χ2n) is 10.7. The van der Waals surface area contributed by atoms with Crippen LogP contribution < -0.4 is 5.32 Å². The lowest BCUT2D eigenvalue weighted by Gasteiger charge is -2.58. The van der Waals surface area contributed by atoms with Crippen molar-refractivity contribution in [2.45, 2.75) is 107 Å². The molecule has 0 amide bonds. The molecular weight excluding hydrogens is 392 g/mol. The number of nitrogens with zero attached hydrogens (tertiary/aromatic N) is 1. The highest BCUT2D eigenvalue weighted by Crippen LogP contribution is 2.57. The van der Waals surface area contributed by atoms with E-state index in [1.807, 2.05) is 6.92 Å². The number of aliphatic imine (C=N–C) groups is 1. The van der Waals surface area contributed by atoms with Gasteiger partial charge in [0.25, 0.3) is 0 Å². The molecule has 3 N–H and O–H groups in total. The van der Waals surface area contributed by atoms with Gasteiger partial charge in [0.2, 0.25) is 0 Å². The van der Waals surface area contributed by atoms with Crippen LogP contribution in [0.1, 0.15) is 73.1 Å². The number of thiocarbonyl (C=S) groups is 1. The van der Waals surface area contributed by atoms with E-state index in [1.54, 1.807) is 0 Å². The predicted molar refractivity (Wildman–Crippen MR) is 117 cm³/mol. The lowest BCUT2D eigenvalue weighted by molar-refractivity contribution is -0.688. The number of hydrogen-bond donors (Lipinski definition) is 2. The van der Waals surface area contributed by atoms with Crippen LogP contribution in [-0.2, 0) is 4.74 Å². The number of hydrogen-bond acceptors (Lipinski definition) is 4. The number of fused-ring (bicyclic) bond motifs is 1. The number of ether oxygens (including phenoxy) is 1. The zero-order chi connectivity index (χ0) is 21.0. The number of halogens is 1. The van der Waals surface area contributed by atoms with E-state index in [0.29, 0.717) is 11.8 Å². The Morgan fingerprint density at radius 2 is 1.82 bits per heavy atom. The summed E-state index contributed by atoms with van der Waals surface area (Å²) in [6, 6.07) is 0. The minimum atomic E-state index is -0.838. The molecule has 4 nitrogen and oxygen atoms in total. The second-order valence-corrected chi connectivity index (χ2v) is 11.3. The van der Waals surface area contributed by atoms with Gasteiger partial charge in [0, 0.05) is 12.3 Å². The summed E-state index contributed by atoms with van der Waals surface area (Å²) in [7, 11) is 4.15. The quantitative estimate of drug-likeness (QED) is 0.310.